The van der Waals surface area contributed by atoms with Crippen molar-refractivity contribution < 1.29 is 9.52 Å². The number of thiazole rings is 1. The number of rotatable bonds is 1. The van der Waals surface area contributed by atoms with Crippen LogP contribution in [0.1, 0.15) is 11.3 Å². The third kappa shape index (κ3) is 1.82. The van der Waals surface area contributed by atoms with Crippen LogP contribution in [0.5, 0.6) is 5.75 Å². The lowest BCUT2D eigenvalue weighted by Gasteiger charge is -2.04. The quantitative estimate of drug-likeness (QED) is 0.739. The van der Waals surface area contributed by atoms with Gasteiger partial charge in [-0.1, -0.05) is 0 Å². The predicted molar refractivity (Wildman–Crippen MR) is 74.7 cm³/mol. The van der Waals surface area contributed by atoms with Crippen LogP contribution in [-0.4, -0.2) is 10.1 Å². The molecule has 0 aliphatic heterocycles. The molecule has 0 unspecified atom stereocenters. The second kappa shape index (κ2) is 4.20. The molecule has 3 aromatic rings. The largest absolute Gasteiger partial charge is 0.508 e. The summed E-state index contributed by atoms with van der Waals surface area (Å²) in [6, 6.07) is 3.08. The summed E-state index contributed by atoms with van der Waals surface area (Å²) in [7, 11) is 0. The fourth-order valence-electron chi connectivity index (χ4n) is 1.95. The Hall–Kier alpha value is -2.14. The molecular formula is C14H11NO3S. The Morgan fingerprint density at radius 2 is 2.11 bits per heavy atom. The third-order valence-electron chi connectivity index (χ3n) is 3.01. The molecular weight excluding hydrogens is 262 g/mol. The van der Waals surface area contributed by atoms with Gasteiger partial charge in [-0.15, -0.1) is 11.3 Å². The van der Waals surface area contributed by atoms with E-state index in [2.05, 4.69) is 4.98 Å². The van der Waals surface area contributed by atoms with E-state index in [1.54, 1.807) is 13.0 Å². The fraction of sp³-hybridized carbons (Fsp3) is 0.143. The predicted octanol–water partition coefficient (Wildman–Crippen LogP) is 3.24. The van der Waals surface area contributed by atoms with Gasteiger partial charge in [-0.3, -0.25) is 4.79 Å². The van der Waals surface area contributed by atoms with Gasteiger partial charge in [-0.25, -0.2) is 4.98 Å². The van der Waals surface area contributed by atoms with Crippen molar-refractivity contribution in [3.05, 3.63) is 45.3 Å². The minimum absolute atomic E-state index is 0.119. The topological polar surface area (TPSA) is 63.3 Å². The van der Waals surface area contributed by atoms with E-state index in [4.69, 9.17) is 4.42 Å². The molecule has 0 radical (unpaired) electrons. The normalized spacial score (nSPS) is 11.1. The minimum atomic E-state index is -0.126. The van der Waals surface area contributed by atoms with Gasteiger partial charge in [0.25, 0.3) is 0 Å². The van der Waals surface area contributed by atoms with Gasteiger partial charge in [0.1, 0.15) is 22.6 Å². The number of aryl methyl sites for hydroxylation is 2. The van der Waals surface area contributed by atoms with Crippen molar-refractivity contribution in [3.8, 4) is 16.3 Å². The first-order chi connectivity index (χ1) is 9.08. The molecule has 2 aromatic heterocycles. The van der Waals surface area contributed by atoms with E-state index in [1.165, 1.54) is 23.7 Å². The second-order valence-electron chi connectivity index (χ2n) is 4.36. The lowest BCUT2D eigenvalue weighted by atomic mass is 10.1. The molecule has 5 heteroatoms. The number of benzene rings is 1. The summed E-state index contributed by atoms with van der Waals surface area (Å²) in [6.07, 6.45) is 1.41. The highest BCUT2D eigenvalue weighted by molar-refractivity contribution is 7.13. The van der Waals surface area contributed by atoms with Crippen molar-refractivity contribution in [2.45, 2.75) is 13.8 Å². The van der Waals surface area contributed by atoms with Crippen molar-refractivity contribution >= 4 is 22.3 Å². The first-order valence-electron chi connectivity index (χ1n) is 5.74. The van der Waals surface area contributed by atoms with Gasteiger partial charge in [0.2, 0.25) is 5.43 Å². The molecule has 96 valence electrons. The summed E-state index contributed by atoms with van der Waals surface area (Å²) < 4.78 is 5.51. The standard InChI is InChI=1S/C14H11NO3S/c1-7-6-19-14(15-7)10-5-18-13-8(2)11(16)4-3-9(13)12(10)17/h3-6,16H,1-2H3. The monoisotopic (exact) mass is 273 g/mol. The van der Waals surface area contributed by atoms with Gasteiger partial charge in [0.15, 0.2) is 0 Å². The lowest BCUT2D eigenvalue weighted by Crippen LogP contribution is -2.05. The van der Waals surface area contributed by atoms with Gasteiger partial charge < -0.3 is 9.52 Å². The third-order valence-corrected chi connectivity index (χ3v) is 4.00. The van der Waals surface area contributed by atoms with Crippen LogP contribution < -0.4 is 5.43 Å². The van der Waals surface area contributed by atoms with E-state index in [0.29, 0.717) is 27.1 Å². The molecule has 0 atom stereocenters. The van der Waals surface area contributed by atoms with Gasteiger partial charge in [-0.2, -0.15) is 0 Å². The number of phenolic OH excluding ortho intramolecular Hbond substituents is 1. The second-order valence-corrected chi connectivity index (χ2v) is 5.22. The fourth-order valence-corrected chi connectivity index (χ4v) is 2.75. The van der Waals surface area contributed by atoms with Crippen LogP contribution in [0, 0.1) is 13.8 Å². The molecule has 1 N–H and O–H groups in total. The van der Waals surface area contributed by atoms with E-state index in [9.17, 15) is 9.90 Å². The van der Waals surface area contributed by atoms with E-state index in [-0.39, 0.29) is 11.2 Å². The van der Waals surface area contributed by atoms with E-state index in [1.807, 2.05) is 12.3 Å². The summed E-state index contributed by atoms with van der Waals surface area (Å²) >= 11 is 1.41. The van der Waals surface area contributed by atoms with Gasteiger partial charge in [0, 0.05) is 16.6 Å². The van der Waals surface area contributed by atoms with E-state index in [0.717, 1.165) is 5.69 Å². The summed E-state index contributed by atoms with van der Waals surface area (Å²) in [5.74, 6) is 0.119. The molecule has 4 nitrogen and oxygen atoms in total. The van der Waals surface area contributed by atoms with Gasteiger partial charge in [0.05, 0.1) is 10.9 Å². The van der Waals surface area contributed by atoms with E-state index >= 15 is 0 Å². The molecule has 0 spiro atoms. The average Bonchev–Trinajstić information content (AvgIpc) is 2.81. The molecule has 19 heavy (non-hydrogen) atoms. The Labute approximate surface area is 113 Å². The van der Waals surface area contributed by atoms with Crippen LogP contribution in [0.3, 0.4) is 0 Å². The zero-order chi connectivity index (χ0) is 13.6. The van der Waals surface area contributed by atoms with Crippen LogP contribution in [0.4, 0.5) is 0 Å². The Morgan fingerprint density at radius 1 is 1.32 bits per heavy atom. The number of aromatic nitrogens is 1. The number of nitrogens with zero attached hydrogens (tertiary/aromatic N) is 1. The zero-order valence-corrected chi connectivity index (χ0v) is 11.2. The summed E-state index contributed by atoms with van der Waals surface area (Å²) in [4.78, 5) is 16.7. The number of hydrogen-bond acceptors (Lipinski definition) is 5. The summed E-state index contributed by atoms with van der Waals surface area (Å²) in [6.45, 7) is 3.60. The Balaban J connectivity index is 2.34. The Bertz CT molecular complexity index is 832. The zero-order valence-electron chi connectivity index (χ0n) is 10.4. The smallest absolute Gasteiger partial charge is 0.202 e. The van der Waals surface area contributed by atoms with Crippen LogP contribution in [-0.2, 0) is 0 Å². The van der Waals surface area contributed by atoms with Crippen molar-refractivity contribution in [1.29, 1.82) is 0 Å². The van der Waals surface area contributed by atoms with Crippen molar-refractivity contribution in [2.24, 2.45) is 0 Å². The average molecular weight is 273 g/mol. The number of fused-ring (bicyclic) bond motifs is 1. The molecule has 0 saturated heterocycles. The summed E-state index contributed by atoms with van der Waals surface area (Å²) in [5, 5.41) is 12.6. The van der Waals surface area contributed by atoms with Gasteiger partial charge in [-0.05, 0) is 26.0 Å². The van der Waals surface area contributed by atoms with E-state index < -0.39 is 0 Å². The van der Waals surface area contributed by atoms with Gasteiger partial charge >= 0.3 is 0 Å². The maximum atomic E-state index is 12.4. The highest BCUT2D eigenvalue weighted by atomic mass is 32.1. The maximum Gasteiger partial charge on any atom is 0.202 e. The molecule has 0 bridgehead atoms. The lowest BCUT2D eigenvalue weighted by molar-refractivity contribution is 0.469. The first kappa shape index (κ1) is 11.9. The van der Waals surface area contributed by atoms with Crippen molar-refractivity contribution in [2.75, 3.05) is 0 Å². The maximum absolute atomic E-state index is 12.4. The van der Waals surface area contributed by atoms with Crippen LogP contribution in [0.15, 0.2) is 33.0 Å². The van der Waals surface area contributed by atoms with Crippen LogP contribution in [0.2, 0.25) is 0 Å². The van der Waals surface area contributed by atoms with Crippen molar-refractivity contribution in [3.63, 3.8) is 0 Å². The molecule has 0 amide bonds. The Morgan fingerprint density at radius 3 is 2.79 bits per heavy atom. The highest BCUT2D eigenvalue weighted by Gasteiger charge is 2.14. The molecule has 1 aromatic carbocycles. The molecule has 0 aliphatic carbocycles. The number of hydrogen-bond donors (Lipinski definition) is 1. The van der Waals surface area contributed by atoms with Crippen LogP contribution in [0.25, 0.3) is 21.5 Å². The first-order valence-corrected chi connectivity index (χ1v) is 6.62. The Kier molecular flexibility index (Phi) is 2.64. The number of phenols is 1. The molecule has 2 heterocycles. The summed E-state index contributed by atoms with van der Waals surface area (Å²) in [5.41, 5.74) is 2.19. The SMILES string of the molecule is Cc1csc(-c2coc3c(C)c(O)ccc3c2=O)n1. The van der Waals surface area contributed by atoms with Crippen LogP contribution >= 0.6 is 11.3 Å². The molecule has 0 saturated carbocycles. The molecule has 0 aliphatic rings. The van der Waals surface area contributed by atoms with Crippen molar-refractivity contribution in [1.82, 2.24) is 4.98 Å². The molecule has 3 rings (SSSR count). The highest BCUT2D eigenvalue weighted by Crippen LogP contribution is 2.27. The minimum Gasteiger partial charge on any atom is -0.508 e. The molecule has 0 fully saturated rings. The number of aromatic hydroxyl groups is 1.